The summed E-state index contributed by atoms with van der Waals surface area (Å²) >= 11 is 0. The maximum absolute atomic E-state index is 13.8. The molecule has 1 aromatic carbocycles. The van der Waals surface area contributed by atoms with Crippen LogP contribution in [-0.2, 0) is 9.59 Å². The van der Waals surface area contributed by atoms with Crippen molar-refractivity contribution in [2.24, 2.45) is 0 Å². The summed E-state index contributed by atoms with van der Waals surface area (Å²) in [5.41, 5.74) is -0.0878. The molecule has 0 N–H and O–H groups in total. The maximum atomic E-state index is 13.8. The van der Waals surface area contributed by atoms with Gasteiger partial charge >= 0.3 is 0 Å². The molecule has 0 saturated carbocycles. The summed E-state index contributed by atoms with van der Waals surface area (Å²) < 4.78 is 26.8. The Morgan fingerprint density at radius 2 is 1.68 bits per heavy atom. The van der Waals surface area contributed by atoms with Crippen LogP contribution in [0.5, 0.6) is 0 Å². The molecule has 0 saturated heterocycles. The van der Waals surface area contributed by atoms with Crippen LogP contribution in [0.15, 0.2) is 18.2 Å². The quantitative estimate of drug-likeness (QED) is 0.776. The van der Waals surface area contributed by atoms with Crippen LogP contribution in [-0.4, -0.2) is 36.3 Å². The lowest BCUT2D eigenvalue weighted by Crippen LogP contribution is -2.43. The molecule has 0 aliphatic rings. The molecule has 0 unspecified atom stereocenters. The number of hydrogen-bond acceptors (Lipinski definition) is 2. The zero-order chi connectivity index (χ0) is 16.7. The molecule has 4 nitrogen and oxygen atoms in total. The topological polar surface area (TPSA) is 40.6 Å². The van der Waals surface area contributed by atoms with E-state index in [1.807, 2.05) is 13.8 Å². The standard InChI is InChI=1S/C16H22F2N2O2/c1-4-8-19(9-5-2)16(22)11-20(12(3)21)15-7-6-13(17)10-14(15)18/h6-7,10H,4-5,8-9,11H2,1-3H3. The van der Waals surface area contributed by atoms with Gasteiger partial charge in [-0.15, -0.1) is 0 Å². The molecule has 0 aromatic heterocycles. The van der Waals surface area contributed by atoms with Gasteiger partial charge in [0.1, 0.15) is 18.2 Å². The van der Waals surface area contributed by atoms with Crippen molar-refractivity contribution in [1.82, 2.24) is 4.90 Å². The van der Waals surface area contributed by atoms with Crippen LogP contribution in [0.1, 0.15) is 33.6 Å². The van der Waals surface area contributed by atoms with Crippen LogP contribution >= 0.6 is 0 Å². The number of anilines is 1. The van der Waals surface area contributed by atoms with Crippen molar-refractivity contribution in [3.63, 3.8) is 0 Å². The summed E-state index contributed by atoms with van der Waals surface area (Å²) in [5.74, 6) is -2.30. The number of nitrogens with zero attached hydrogens (tertiary/aromatic N) is 2. The fraction of sp³-hybridized carbons (Fsp3) is 0.500. The predicted molar refractivity (Wildman–Crippen MR) is 81.5 cm³/mol. The van der Waals surface area contributed by atoms with Gasteiger partial charge in [0, 0.05) is 26.1 Å². The Labute approximate surface area is 129 Å². The molecule has 2 amide bonds. The molecule has 0 bridgehead atoms. The van der Waals surface area contributed by atoms with Crippen LogP contribution in [0.4, 0.5) is 14.5 Å². The van der Waals surface area contributed by atoms with Gasteiger partial charge in [0.25, 0.3) is 0 Å². The number of hydrogen-bond donors (Lipinski definition) is 0. The van der Waals surface area contributed by atoms with E-state index in [0.717, 1.165) is 23.8 Å². The average Bonchev–Trinajstić information content (AvgIpc) is 2.44. The molecule has 22 heavy (non-hydrogen) atoms. The molecular formula is C16H22F2N2O2. The van der Waals surface area contributed by atoms with E-state index in [9.17, 15) is 18.4 Å². The van der Waals surface area contributed by atoms with Crippen LogP contribution in [0, 0.1) is 11.6 Å². The highest BCUT2D eigenvalue weighted by atomic mass is 19.1. The first-order valence-electron chi connectivity index (χ1n) is 7.41. The molecule has 6 heteroatoms. The second kappa shape index (κ2) is 8.46. The first-order valence-corrected chi connectivity index (χ1v) is 7.41. The molecule has 0 radical (unpaired) electrons. The Hall–Kier alpha value is -1.98. The highest BCUT2D eigenvalue weighted by Gasteiger charge is 2.22. The third-order valence-electron chi connectivity index (χ3n) is 3.21. The van der Waals surface area contributed by atoms with Crippen molar-refractivity contribution in [3.05, 3.63) is 29.8 Å². The normalized spacial score (nSPS) is 10.4. The fourth-order valence-corrected chi connectivity index (χ4v) is 2.20. The number of benzene rings is 1. The highest BCUT2D eigenvalue weighted by Crippen LogP contribution is 2.20. The highest BCUT2D eigenvalue weighted by molar-refractivity contribution is 5.97. The predicted octanol–water partition coefficient (Wildman–Crippen LogP) is 2.97. The molecule has 1 aromatic rings. The smallest absolute Gasteiger partial charge is 0.242 e. The van der Waals surface area contributed by atoms with Gasteiger partial charge in [-0.1, -0.05) is 13.8 Å². The number of amides is 2. The van der Waals surface area contributed by atoms with E-state index in [4.69, 9.17) is 0 Å². The minimum absolute atomic E-state index is 0.0878. The van der Waals surface area contributed by atoms with Gasteiger partial charge < -0.3 is 9.80 Å². The van der Waals surface area contributed by atoms with E-state index in [1.165, 1.54) is 13.0 Å². The van der Waals surface area contributed by atoms with Gasteiger partial charge in [-0.2, -0.15) is 0 Å². The summed E-state index contributed by atoms with van der Waals surface area (Å²) in [4.78, 5) is 26.8. The zero-order valence-corrected chi connectivity index (χ0v) is 13.2. The van der Waals surface area contributed by atoms with Gasteiger partial charge in [0.15, 0.2) is 0 Å². The van der Waals surface area contributed by atoms with Crippen LogP contribution in [0.2, 0.25) is 0 Å². The number of rotatable bonds is 7. The molecule has 0 atom stereocenters. The van der Waals surface area contributed by atoms with Gasteiger partial charge in [0.05, 0.1) is 5.69 Å². The van der Waals surface area contributed by atoms with Crippen molar-refractivity contribution >= 4 is 17.5 Å². The minimum atomic E-state index is -0.861. The van der Waals surface area contributed by atoms with Gasteiger partial charge in [-0.05, 0) is 25.0 Å². The van der Waals surface area contributed by atoms with E-state index in [2.05, 4.69) is 0 Å². The molecule has 1 rings (SSSR count). The van der Waals surface area contributed by atoms with Crippen molar-refractivity contribution in [3.8, 4) is 0 Å². The lowest BCUT2D eigenvalue weighted by atomic mass is 10.2. The summed E-state index contributed by atoms with van der Waals surface area (Å²) in [5, 5.41) is 0. The Kier molecular flexibility index (Phi) is 6.95. The monoisotopic (exact) mass is 312 g/mol. The Morgan fingerprint density at radius 1 is 1.09 bits per heavy atom. The molecule has 0 aliphatic carbocycles. The van der Waals surface area contributed by atoms with Crippen molar-refractivity contribution < 1.29 is 18.4 Å². The molecule has 122 valence electrons. The lowest BCUT2D eigenvalue weighted by molar-refractivity contribution is -0.131. The van der Waals surface area contributed by atoms with Crippen LogP contribution in [0.25, 0.3) is 0 Å². The van der Waals surface area contributed by atoms with Crippen molar-refractivity contribution in [1.29, 1.82) is 0 Å². The van der Waals surface area contributed by atoms with Gasteiger partial charge in [-0.3, -0.25) is 9.59 Å². The van der Waals surface area contributed by atoms with Gasteiger partial charge in [-0.25, -0.2) is 8.78 Å². The summed E-state index contributed by atoms with van der Waals surface area (Å²) in [6.45, 7) is 6.09. The first kappa shape index (κ1) is 18.1. The van der Waals surface area contributed by atoms with Crippen LogP contribution < -0.4 is 4.90 Å². The minimum Gasteiger partial charge on any atom is -0.341 e. The largest absolute Gasteiger partial charge is 0.341 e. The molecule has 0 spiro atoms. The molecule has 0 fully saturated rings. The van der Waals surface area contributed by atoms with Gasteiger partial charge in [0.2, 0.25) is 11.8 Å². The Balaban J connectivity index is 2.96. The third-order valence-corrected chi connectivity index (χ3v) is 3.21. The van der Waals surface area contributed by atoms with E-state index < -0.39 is 17.5 Å². The van der Waals surface area contributed by atoms with Crippen molar-refractivity contribution in [2.75, 3.05) is 24.5 Å². The average molecular weight is 312 g/mol. The van der Waals surface area contributed by atoms with Crippen molar-refractivity contribution in [2.45, 2.75) is 33.6 Å². The second-order valence-corrected chi connectivity index (χ2v) is 5.08. The summed E-state index contributed by atoms with van der Waals surface area (Å²) in [6.07, 6.45) is 1.60. The van der Waals surface area contributed by atoms with E-state index in [0.29, 0.717) is 19.2 Å². The number of halogens is 2. The number of carbonyl (C=O) groups excluding carboxylic acids is 2. The third kappa shape index (κ3) is 4.79. The molecule has 0 aliphatic heterocycles. The fourth-order valence-electron chi connectivity index (χ4n) is 2.20. The first-order chi connectivity index (χ1) is 10.4. The summed E-state index contributed by atoms with van der Waals surface area (Å²) in [7, 11) is 0. The molecule has 0 heterocycles. The lowest BCUT2D eigenvalue weighted by Gasteiger charge is -2.26. The number of carbonyl (C=O) groups is 2. The summed E-state index contributed by atoms with van der Waals surface area (Å²) in [6, 6.07) is 2.93. The van der Waals surface area contributed by atoms with Crippen LogP contribution in [0.3, 0.4) is 0 Å². The van der Waals surface area contributed by atoms with E-state index in [-0.39, 0.29) is 18.1 Å². The molecular weight excluding hydrogens is 290 g/mol. The SMILES string of the molecule is CCCN(CCC)C(=O)CN(C(C)=O)c1ccc(F)cc1F. The van der Waals surface area contributed by atoms with E-state index in [1.54, 1.807) is 4.90 Å². The Bertz CT molecular complexity index is 529. The van der Waals surface area contributed by atoms with E-state index >= 15 is 0 Å². The Morgan fingerprint density at radius 3 is 2.14 bits per heavy atom. The zero-order valence-electron chi connectivity index (χ0n) is 13.2. The maximum Gasteiger partial charge on any atom is 0.242 e. The second-order valence-electron chi connectivity index (χ2n) is 5.08.